The number of nitrogens with zero attached hydrogens (tertiary/aromatic N) is 3. The molecule has 0 saturated heterocycles. The smallest absolute Gasteiger partial charge is 0.324 e. The van der Waals surface area contributed by atoms with Gasteiger partial charge in [0.05, 0.1) is 49.2 Å². The number of anilines is 2. The number of aryl methyl sites for hydroxylation is 2. The van der Waals surface area contributed by atoms with Crippen molar-refractivity contribution in [3.63, 3.8) is 0 Å². The zero-order valence-corrected chi connectivity index (χ0v) is 14.8. The van der Waals surface area contributed by atoms with Gasteiger partial charge in [-0.2, -0.15) is 0 Å². The van der Waals surface area contributed by atoms with E-state index in [1.165, 1.54) is 6.20 Å². The molecular formula is C18H21N5O3. The Morgan fingerprint density at radius 1 is 1.23 bits per heavy atom. The first-order chi connectivity index (χ1) is 12.6. The predicted molar refractivity (Wildman–Crippen MR) is 99.2 cm³/mol. The Hall–Kier alpha value is -3.00. The molecule has 1 aliphatic rings. The van der Waals surface area contributed by atoms with Gasteiger partial charge < -0.3 is 14.8 Å². The van der Waals surface area contributed by atoms with Crippen LogP contribution in [0.15, 0.2) is 35.6 Å². The maximum atomic E-state index is 12.2. The maximum absolute atomic E-state index is 12.2. The molecule has 8 nitrogen and oxygen atoms in total. The van der Waals surface area contributed by atoms with Crippen molar-refractivity contribution in [1.82, 2.24) is 9.97 Å². The number of urea groups is 1. The van der Waals surface area contributed by atoms with Gasteiger partial charge in [0.1, 0.15) is 12.4 Å². The van der Waals surface area contributed by atoms with Crippen molar-refractivity contribution in [1.29, 1.82) is 0 Å². The highest BCUT2D eigenvalue weighted by atomic mass is 16.5. The van der Waals surface area contributed by atoms with Gasteiger partial charge in [-0.25, -0.2) is 9.78 Å². The molecule has 26 heavy (non-hydrogen) atoms. The van der Waals surface area contributed by atoms with E-state index in [0.717, 1.165) is 17.0 Å². The third-order valence-corrected chi connectivity index (χ3v) is 3.64. The van der Waals surface area contributed by atoms with E-state index in [4.69, 9.17) is 9.47 Å². The number of aliphatic imine (C=N–C) groups is 1. The van der Waals surface area contributed by atoms with Crippen LogP contribution in [0.1, 0.15) is 11.3 Å². The Balaban J connectivity index is 1.65. The second-order valence-electron chi connectivity index (χ2n) is 5.91. The van der Waals surface area contributed by atoms with Crippen molar-refractivity contribution in [2.24, 2.45) is 4.99 Å². The van der Waals surface area contributed by atoms with E-state index in [2.05, 4.69) is 25.6 Å². The van der Waals surface area contributed by atoms with E-state index in [1.807, 2.05) is 32.0 Å². The quantitative estimate of drug-likeness (QED) is 0.859. The number of hydrogen-bond acceptors (Lipinski definition) is 6. The fourth-order valence-electron chi connectivity index (χ4n) is 2.35. The lowest BCUT2D eigenvalue weighted by Crippen LogP contribution is -2.24. The summed E-state index contributed by atoms with van der Waals surface area (Å²) in [4.78, 5) is 24.8. The molecule has 2 aromatic rings. The molecule has 0 fully saturated rings. The van der Waals surface area contributed by atoms with Gasteiger partial charge in [-0.3, -0.25) is 15.3 Å². The highest BCUT2D eigenvalue weighted by Crippen LogP contribution is 2.26. The van der Waals surface area contributed by atoms with Gasteiger partial charge in [-0.05, 0) is 31.5 Å². The number of aromatic nitrogens is 2. The normalized spacial score (nSPS) is 13.7. The summed E-state index contributed by atoms with van der Waals surface area (Å²) in [5.41, 5.74) is 3.20. The van der Waals surface area contributed by atoms with E-state index in [0.29, 0.717) is 43.6 Å². The molecule has 0 aliphatic carbocycles. The molecule has 0 atom stereocenters. The number of rotatable bonds is 5. The number of carbonyl (C=O) groups is 1. The van der Waals surface area contributed by atoms with Crippen molar-refractivity contribution in [3.8, 4) is 5.75 Å². The second-order valence-corrected chi connectivity index (χ2v) is 5.91. The van der Waals surface area contributed by atoms with Crippen molar-refractivity contribution in [3.05, 3.63) is 41.9 Å². The fourth-order valence-corrected chi connectivity index (χ4v) is 2.35. The monoisotopic (exact) mass is 355 g/mol. The molecule has 1 aliphatic heterocycles. The van der Waals surface area contributed by atoms with Gasteiger partial charge in [0.25, 0.3) is 0 Å². The predicted octanol–water partition coefficient (Wildman–Crippen LogP) is 2.59. The van der Waals surface area contributed by atoms with Crippen LogP contribution in [-0.4, -0.2) is 48.1 Å². The molecule has 136 valence electrons. The number of benzene rings is 1. The number of amides is 2. The van der Waals surface area contributed by atoms with E-state index >= 15 is 0 Å². The first-order valence-electron chi connectivity index (χ1n) is 8.30. The second kappa shape index (κ2) is 8.39. The van der Waals surface area contributed by atoms with E-state index < -0.39 is 6.03 Å². The summed E-state index contributed by atoms with van der Waals surface area (Å²) < 4.78 is 11.2. The van der Waals surface area contributed by atoms with Crippen LogP contribution in [0, 0.1) is 13.8 Å². The van der Waals surface area contributed by atoms with Crippen LogP contribution in [0.25, 0.3) is 0 Å². The molecule has 1 aromatic carbocycles. The first-order valence-corrected chi connectivity index (χ1v) is 8.30. The van der Waals surface area contributed by atoms with Gasteiger partial charge in [-0.1, -0.05) is 6.07 Å². The van der Waals surface area contributed by atoms with Crippen molar-refractivity contribution in [2.45, 2.75) is 13.8 Å². The van der Waals surface area contributed by atoms with Crippen LogP contribution in [0.3, 0.4) is 0 Å². The van der Waals surface area contributed by atoms with Gasteiger partial charge in [0, 0.05) is 0 Å². The molecule has 0 spiro atoms. The summed E-state index contributed by atoms with van der Waals surface area (Å²) in [5, 5.41) is 5.44. The Bertz CT molecular complexity index is 805. The molecular weight excluding hydrogens is 334 g/mol. The highest BCUT2D eigenvalue weighted by Gasteiger charge is 2.12. The Kier molecular flexibility index (Phi) is 5.75. The average Bonchev–Trinajstić information content (AvgIpc) is 2.64. The molecule has 0 saturated carbocycles. The molecule has 3 rings (SSSR count). The van der Waals surface area contributed by atoms with Crippen molar-refractivity contribution >= 4 is 23.2 Å². The Morgan fingerprint density at radius 2 is 2.12 bits per heavy atom. The van der Waals surface area contributed by atoms with E-state index in [9.17, 15) is 4.79 Å². The van der Waals surface area contributed by atoms with Crippen LogP contribution < -0.4 is 15.4 Å². The van der Waals surface area contributed by atoms with Crippen LogP contribution in [-0.2, 0) is 4.74 Å². The lowest BCUT2D eigenvalue weighted by Gasteiger charge is -2.16. The van der Waals surface area contributed by atoms with Crippen LogP contribution in [0.2, 0.25) is 0 Å². The number of hydrogen-bond donors (Lipinski definition) is 2. The van der Waals surface area contributed by atoms with Gasteiger partial charge in [-0.15, -0.1) is 0 Å². The Morgan fingerprint density at radius 3 is 2.85 bits per heavy atom. The SMILES string of the molecule is Cc1ccc(OCC2=NCCOC2)c(NC(=O)Nc2cnc(C)cn2)c1. The lowest BCUT2D eigenvalue weighted by molar-refractivity contribution is 0.166. The summed E-state index contributed by atoms with van der Waals surface area (Å²) in [6.07, 6.45) is 3.09. The number of ether oxygens (including phenoxy) is 2. The first kappa shape index (κ1) is 17.8. The van der Waals surface area contributed by atoms with E-state index in [-0.39, 0.29) is 0 Å². The number of nitrogens with one attached hydrogen (secondary N) is 2. The molecule has 2 heterocycles. The molecule has 8 heteroatoms. The maximum Gasteiger partial charge on any atom is 0.324 e. The Labute approximate surface area is 151 Å². The molecule has 2 amide bonds. The average molecular weight is 355 g/mol. The summed E-state index contributed by atoms with van der Waals surface area (Å²) in [6.45, 7) is 5.86. The molecule has 0 bridgehead atoms. The standard InChI is InChI=1S/C18H21N5O3/c1-12-3-4-16(26-11-14-10-25-6-5-19-14)15(7-12)22-18(24)23-17-9-20-13(2)8-21-17/h3-4,7-9H,5-6,10-11H2,1-2H3,(H2,21,22,23,24). The zero-order chi connectivity index (χ0) is 18.4. The summed E-state index contributed by atoms with van der Waals surface area (Å²) in [7, 11) is 0. The minimum atomic E-state index is -0.419. The largest absolute Gasteiger partial charge is 0.485 e. The van der Waals surface area contributed by atoms with Gasteiger partial charge in [0.15, 0.2) is 5.82 Å². The van der Waals surface area contributed by atoms with Crippen LogP contribution in [0.4, 0.5) is 16.3 Å². The number of carbonyl (C=O) groups excluding carboxylic acids is 1. The minimum Gasteiger partial charge on any atom is -0.485 e. The minimum absolute atomic E-state index is 0.322. The van der Waals surface area contributed by atoms with Gasteiger partial charge in [0.2, 0.25) is 0 Å². The summed E-state index contributed by atoms with van der Waals surface area (Å²) in [5.74, 6) is 0.936. The van der Waals surface area contributed by atoms with Gasteiger partial charge >= 0.3 is 6.03 Å². The van der Waals surface area contributed by atoms with Crippen LogP contribution in [0.5, 0.6) is 5.75 Å². The molecule has 0 unspecified atom stereocenters. The van der Waals surface area contributed by atoms with Crippen molar-refractivity contribution < 1.29 is 14.3 Å². The third-order valence-electron chi connectivity index (χ3n) is 3.64. The topological polar surface area (TPSA) is 97.7 Å². The van der Waals surface area contributed by atoms with E-state index in [1.54, 1.807) is 6.20 Å². The third kappa shape index (κ3) is 5.00. The highest BCUT2D eigenvalue weighted by molar-refractivity contribution is 6.00. The lowest BCUT2D eigenvalue weighted by atomic mass is 10.2. The fraction of sp³-hybridized carbons (Fsp3) is 0.333. The zero-order valence-electron chi connectivity index (χ0n) is 14.8. The summed E-state index contributed by atoms with van der Waals surface area (Å²) in [6, 6.07) is 5.16. The van der Waals surface area contributed by atoms with Crippen molar-refractivity contribution in [2.75, 3.05) is 37.0 Å². The van der Waals surface area contributed by atoms with Crippen LogP contribution >= 0.6 is 0 Å². The molecule has 0 radical (unpaired) electrons. The molecule has 2 N–H and O–H groups in total. The summed E-state index contributed by atoms with van der Waals surface area (Å²) >= 11 is 0. The molecule has 1 aromatic heterocycles.